The number of halogens is 1. The monoisotopic (exact) mass is 353 g/mol. The summed E-state index contributed by atoms with van der Waals surface area (Å²) in [5.74, 6) is -0.394. The number of anilines is 1. The van der Waals surface area contributed by atoms with Crippen molar-refractivity contribution in [2.24, 2.45) is 0 Å². The second-order valence-corrected chi connectivity index (χ2v) is 7.17. The van der Waals surface area contributed by atoms with Crippen molar-refractivity contribution in [3.63, 3.8) is 0 Å². The first-order valence-electron chi connectivity index (χ1n) is 6.76. The normalized spacial score (nSPS) is 11.3. The first kappa shape index (κ1) is 17.5. The van der Waals surface area contributed by atoms with Gasteiger partial charge in [0.2, 0.25) is 0 Å². The molecule has 2 N–H and O–H groups in total. The fraction of sp³-hybridized carbons (Fsp3) is 0.188. The van der Waals surface area contributed by atoms with Gasteiger partial charge in [-0.3, -0.25) is 9.35 Å². The van der Waals surface area contributed by atoms with Crippen molar-refractivity contribution in [2.75, 3.05) is 5.32 Å². The van der Waals surface area contributed by atoms with Crippen LogP contribution in [0.2, 0.25) is 5.02 Å². The molecule has 0 bridgehead atoms. The van der Waals surface area contributed by atoms with Crippen LogP contribution in [0.25, 0.3) is 0 Å². The van der Waals surface area contributed by atoms with Gasteiger partial charge >= 0.3 is 0 Å². The number of nitrogens with one attached hydrogen (secondary N) is 1. The molecule has 1 amide bonds. The predicted octanol–water partition coefficient (Wildman–Crippen LogP) is 3.76. The van der Waals surface area contributed by atoms with Gasteiger partial charge in [-0.05, 0) is 50.1 Å². The van der Waals surface area contributed by atoms with Gasteiger partial charge in [-0.25, -0.2) is 0 Å². The van der Waals surface area contributed by atoms with E-state index in [9.17, 15) is 13.2 Å². The van der Waals surface area contributed by atoms with Gasteiger partial charge in [0.25, 0.3) is 16.0 Å². The van der Waals surface area contributed by atoms with Gasteiger partial charge in [-0.15, -0.1) is 0 Å². The van der Waals surface area contributed by atoms with Gasteiger partial charge in [0.15, 0.2) is 0 Å². The Kier molecular flexibility index (Phi) is 4.79. The molecule has 0 aliphatic carbocycles. The lowest BCUT2D eigenvalue weighted by Crippen LogP contribution is -2.16. The molecular weight excluding hydrogens is 338 g/mol. The maximum atomic E-state index is 12.5. The molecule has 7 heteroatoms. The average Bonchev–Trinajstić information content (AvgIpc) is 2.38. The van der Waals surface area contributed by atoms with E-state index in [4.69, 9.17) is 16.2 Å². The van der Waals surface area contributed by atoms with Crippen molar-refractivity contribution in [3.8, 4) is 0 Å². The first-order valence-corrected chi connectivity index (χ1v) is 8.57. The fourth-order valence-corrected chi connectivity index (χ4v) is 3.16. The van der Waals surface area contributed by atoms with Gasteiger partial charge in [-0.2, -0.15) is 8.42 Å². The number of hydrogen-bond acceptors (Lipinski definition) is 3. The van der Waals surface area contributed by atoms with E-state index in [1.165, 1.54) is 6.07 Å². The number of benzene rings is 2. The minimum atomic E-state index is -4.37. The maximum absolute atomic E-state index is 12.5. The molecule has 0 radical (unpaired) electrons. The summed E-state index contributed by atoms with van der Waals surface area (Å²) in [4.78, 5) is 12.2. The Balaban J connectivity index is 2.42. The maximum Gasteiger partial charge on any atom is 0.294 e. The van der Waals surface area contributed by atoms with Gasteiger partial charge in [0.1, 0.15) is 0 Å². The lowest BCUT2D eigenvalue weighted by atomic mass is 9.99. The number of rotatable bonds is 3. The van der Waals surface area contributed by atoms with E-state index < -0.39 is 16.0 Å². The number of hydrogen-bond donors (Lipinski definition) is 2. The van der Waals surface area contributed by atoms with E-state index >= 15 is 0 Å². The predicted molar refractivity (Wildman–Crippen MR) is 89.9 cm³/mol. The van der Waals surface area contributed by atoms with E-state index in [0.29, 0.717) is 5.56 Å². The lowest BCUT2D eigenvalue weighted by molar-refractivity contribution is 0.102. The van der Waals surface area contributed by atoms with Gasteiger partial charge in [0, 0.05) is 5.56 Å². The molecule has 0 unspecified atom stereocenters. The molecule has 23 heavy (non-hydrogen) atoms. The van der Waals surface area contributed by atoms with Crippen LogP contribution in [0.3, 0.4) is 0 Å². The number of carbonyl (C=O) groups excluding carboxylic acids is 1. The third-order valence-corrected chi connectivity index (χ3v) is 4.57. The average molecular weight is 354 g/mol. The van der Waals surface area contributed by atoms with Gasteiger partial charge in [-0.1, -0.05) is 29.3 Å². The molecule has 0 atom stereocenters. The molecule has 2 aromatic carbocycles. The van der Waals surface area contributed by atoms with Crippen molar-refractivity contribution >= 4 is 33.3 Å². The third-order valence-electron chi connectivity index (χ3n) is 3.39. The minimum absolute atomic E-state index is 0.117. The lowest BCUT2D eigenvalue weighted by Gasteiger charge is -2.13. The highest BCUT2D eigenvalue weighted by Crippen LogP contribution is 2.26. The summed E-state index contributed by atoms with van der Waals surface area (Å²) in [7, 11) is -4.37. The van der Waals surface area contributed by atoms with Gasteiger partial charge in [0.05, 0.1) is 15.6 Å². The van der Waals surface area contributed by atoms with Gasteiger partial charge < -0.3 is 5.32 Å². The van der Waals surface area contributed by atoms with Crippen LogP contribution in [0.4, 0.5) is 5.69 Å². The molecule has 2 rings (SSSR count). The molecular formula is C16H16ClNO4S. The Morgan fingerprint density at radius 3 is 2.17 bits per heavy atom. The summed E-state index contributed by atoms with van der Waals surface area (Å²) in [5.41, 5.74) is 3.28. The summed E-state index contributed by atoms with van der Waals surface area (Å²) in [6.45, 7) is 5.59. The van der Waals surface area contributed by atoms with Crippen LogP contribution in [0.5, 0.6) is 0 Å². The number of aryl methyl sites for hydroxylation is 3. The summed E-state index contributed by atoms with van der Waals surface area (Å²) >= 11 is 5.99. The van der Waals surface area contributed by atoms with Crippen LogP contribution in [0.1, 0.15) is 27.0 Å². The molecule has 122 valence electrons. The highest BCUT2D eigenvalue weighted by molar-refractivity contribution is 7.85. The number of carbonyl (C=O) groups is 1. The third kappa shape index (κ3) is 3.90. The summed E-state index contributed by atoms with van der Waals surface area (Å²) in [6, 6.07) is 7.36. The molecule has 0 saturated carbocycles. The Morgan fingerprint density at radius 1 is 1.09 bits per heavy atom. The van der Waals surface area contributed by atoms with Crippen LogP contribution in [0, 0.1) is 20.8 Å². The Hall–Kier alpha value is -1.89. The van der Waals surface area contributed by atoms with Crippen LogP contribution in [-0.4, -0.2) is 18.9 Å². The summed E-state index contributed by atoms with van der Waals surface area (Å²) in [5, 5.41) is 2.77. The van der Waals surface area contributed by atoms with Crippen molar-refractivity contribution in [1.82, 2.24) is 0 Å². The topological polar surface area (TPSA) is 83.5 Å². The zero-order valence-electron chi connectivity index (χ0n) is 12.8. The second kappa shape index (κ2) is 6.31. The van der Waals surface area contributed by atoms with Crippen molar-refractivity contribution in [2.45, 2.75) is 25.7 Å². The molecule has 0 aromatic heterocycles. The minimum Gasteiger partial charge on any atom is -0.321 e. The molecule has 0 saturated heterocycles. The largest absolute Gasteiger partial charge is 0.321 e. The highest BCUT2D eigenvalue weighted by atomic mass is 35.5. The Bertz CT molecular complexity index is 868. The molecule has 0 heterocycles. The van der Waals surface area contributed by atoms with Crippen molar-refractivity contribution in [3.05, 3.63) is 57.6 Å². The highest BCUT2D eigenvalue weighted by Gasteiger charge is 2.17. The van der Waals surface area contributed by atoms with E-state index in [2.05, 4.69) is 5.32 Å². The smallest absolute Gasteiger partial charge is 0.294 e. The van der Waals surface area contributed by atoms with Crippen LogP contribution in [0.15, 0.2) is 35.2 Å². The quantitative estimate of drug-likeness (QED) is 0.823. The van der Waals surface area contributed by atoms with Crippen LogP contribution in [-0.2, 0) is 10.1 Å². The van der Waals surface area contributed by atoms with Crippen LogP contribution < -0.4 is 5.32 Å². The van der Waals surface area contributed by atoms with E-state index in [-0.39, 0.29) is 15.6 Å². The van der Waals surface area contributed by atoms with E-state index in [1.54, 1.807) is 0 Å². The molecule has 5 nitrogen and oxygen atoms in total. The molecule has 2 aromatic rings. The Labute approximate surface area is 140 Å². The van der Waals surface area contributed by atoms with Crippen LogP contribution >= 0.6 is 11.6 Å². The van der Waals surface area contributed by atoms with E-state index in [1.807, 2.05) is 32.9 Å². The first-order chi connectivity index (χ1) is 10.6. The fourth-order valence-electron chi connectivity index (χ4n) is 2.48. The summed E-state index contributed by atoms with van der Waals surface area (Å²) < 4.78 is 31.5. The standard InChI is InChI=1S/C16H16ClNO4S/c1-9-6-10(2)15(11(3)7-9)16(19)18-14-8-12(23(20,21)22)4-5-13(14)17/h4-8H,1-3H3,(H,18,19)(H,20,21,22). The van der Waals surface area contributed by atoms with Crippen molar-refractivity contribution < 1.29 is 17.8 Å². The molecule has 0 spiro atoms. The zero-order chi connectivity index (χ0) is 17.4. The van der Waals surface area contributed by atoms with Crippen molar-refractivity contribution in [1.29, 1.82) is 0 Å². The Morgan fingerprint density at radius 2 is 1.65 bits per heavy atom. The number of amides is 1. The zero-order valence-corrected chi connectivity index (χ0v) is 14.4. The SMILES string of the molecule is Cc1cc(C)c(C(=O)Nc2cc(S(=O)(=O)O)ccc2Cl)c(C)c1. The second-order valence-electron chi connectivity index (χ2n) is 5.34. The molecule has 0 aliphatic rings. The molecule has 0 fully saturated rings. The summed E-state index contributed by atoms with van der Waals surface area (Å²) in [6.07, 6.45) is 0. The van der Waals surface area contributed by atoms with E-state index in [0.717, 1.165) is 28.8 Å². The molecule has 0 aliphatic heterocycles.